The number of aromatic carboxylic acids is 1. The number of hydrogen-bond donors (Lipinski definition) is 1. The maximum Gasteiger partial charge on any atom is 0.338 e. The molecule has 7 heteroatoms. The van der Waals surface area contributed by atoms with Crippen LogP contribution in [0.4, 0.5) is 8.78 Å². The number of benzene rings is 1. The summed E-state index contributed by atoms with van der Waals surface area (Å²) in [6, 6.07) is 4.39. The molecule has 0 bridgehead atoms. The Balaban J connectivity index is 2.35. The van der Waals surface area contributed by atoms with Gasteiger partial charge in [-0.05, 0) is 18.2 Å². The predicted octanol–water partition coefficient (Wildman–Crippen LogP) is 3.50. The first kappa shape index (κ1) is 13.2. The summed E-state index contributed by atoms with van der Waals surface area (Å²) in [5, 5.41) is 8.54. The number of carboxylic acids is 1. The molecule has 0 spiro atoms. The molecule has 0 saturated carbocycles. The first-order valence-corrected chi connectivity index (χ1v) is 5.37. The standard InChI is InChI=1S/C12H6ClF2NO3/c13-8-5-6(1-2-9(8)14)19-11-10(15)7(12(17)18)3-4-16-11/h1-5H,(H,17,18). The molecule has 2 rings (SSSR count). The van der Waals surface area contributed by atoms with Crippen LogP contribution in [0.1, 0.15) is 10.4 Å². The fraction of sp³-hybridized carbons (Fsp3) is 0. The van der Waals surface area contributed by atoms with E-state index in [1.54, 1.807) is 0 Å². The minimum Gasteiger partial charge on any atom is -0.478 e. The molecular formula is C12H6ClF2NO3. The summed E-state index contributed by atoms with van der Waals surface area (Å²) in [5.74, 6) is -3.69. The van der Waals surface area contributed by atoms with Crippen LogP contribution in [0.5, 0.6) is 11.6 Å². The topological polar surface area (TPSA) is 59.4 Å². The molecule has 0 fully saturated rings. The third-order valence-electron chi connectivity index (χ3n) is 2.19. The lowest BCUT2D eigenvalue weighted by atomic mass is 10.2. The van der Waals surface area contributed by atoms with E-state index in [9.17, 15) is 13.6 Å². The zero-order valence-electron chi connectivity index (χ0n) is 9.23. The van der Waals surface area contributed by atoms with Gasteiger partial charge >= 0.3 is 5.97 Å². The number of nitrogens with zero attached hydrogens (tertiary/aromatic N) is 1. The third-order valence-corrected chi connectivity index (χ3v) is 2.48. The van der Waals surface area contributed by atoms with Crippen molar-refractivity contribution in [3.63, 3.8) is 0 Å². The quantitative estimate of drug-likeness (QED) is 0.937. The van der Waals surface area contributed by atoms with E-state index in [1.807, 2.05) is 0 Å². The van der Waals surface area contributed by atoms with Crippen LogP contribution in [0.25, 0.3) is 0 Å². The maximum atomic E-state index is 13.7. The number of hydrogen-bond acceptors (Lipinski definition) is 3. The maximum absolute atomic E-state index is 13.7. The van der Waals surface area contributed by atoms with E-state index >= 15 is 0 Å². The highest BCUT2D eigenvalue weighted by Gasteiger charge is 2.17. The zero-order valence-corrected chi connectivity index (χ0v) is 9.99. The molecule has 19 heavy (non-hydrogen) atoms. The van der Waals surface area contributed by atoms with Crippen LogP contribution in [-0.4, -0.2) is 16.1 Å². The van der Waals surface area contributed by atoms with E-state index in [0.717, 1.165) is 24.4 Å². The average molecular weight is 286 g/mol. The summed E-state index contributed by atoms with van der Waals surface area (Å²) in [4.78, 5) is 14.3. The van der Waals surface area contributed by atoms with Gasteiger partial charge in [-0.2, -0.15) is 0 Å². The molecule has 0 aliphatic heterocycles. The lowest BCUT2D eigenvalue weighted by molar-refractivity contribution is 0.0690. The van der Waals surface area contributed by atoms with Crippen LogP contribution in [0.15, 0.2) is 30.5 Å². The van der Waals surface area contributed by atoms with Gasteiger partial charge in [-0.25, -0.2) is 18.6 Å². The Kier molecular flexibility index (Phi) is 3.62. The smallest absolute Gasteiger partial charge is 0.338 e. The van der Waals surface area contributed by atoms with E-state index < -0.39 is 29.0 Å². The van der Waals surface area contributed by atoms with Gasteiger partial charge in [0.2, 0.25) is 0 Å². The minimum atomic E-state index is -1.44. The number of pyridine rings is 1. The molecule has 0 aliphatic rings. The molecular weight excluding hydrogens is 280 g/mol. The van der Waals surface area contributed by atoms with Gasteiger partial charge in [-0.1, -0.05) is 11.6 Å². The molecule has 1 aromatic carbocycles. The summed E-state index contributed by atoms with van der Waals surface area (Å²) < 4.78 is 31.7. The highest BCUT2D eigenvalue weighted by atomic mass is 35.5. The van der Waals surface area contributed by atoms with Gasteiger partial charge in [-0.3, -0.25) is 0 Å². The summed E-state index contributed by atoms with van der Waals surface area (Å²) in [5.41, 5.74) is -0.571. The molecule has 2 aromatic rings. The van der Waals surface area contributed by atoms with Crippen LogP contribution in [0.3, 0.4) is 0 Å². The molecule has 1 N–H and O–H groups in total. The van der Waals surface area contributed by atoms with E-state index in [2.05, 4.69) is 4.98 Å². The molecule has 0 unspecified atom stereocenters. The van der Waals surface area contributed by atoms with Crippen LogP contribution in [0.2, 0.25) is 5.02 Å². The van der Waals surface area contributed by atoms with Crippen LogP contribution >= 0.6 is 11.6 Å². The first-order valence-electron chi connectivity index (χ1n) is 4.99. The third kappa shape index (κ3) is 2.79. The van der Waals surface area contributed by atoms with Gasteiger partial charge in [0.25, 0.3) is 5.88 Å². The van der Waals surface area contributed by atoms with Crippen LogP contribution < -0.4 is 4.74 Å². The number of aromatic nitrogens is 1. The number of carbonyl (C=O) groups is 1. The molecule has 0 radical (unpaired) electrons. The Bertz CT molecular complexity index is 649. The van der Waals surface area contributed by atoms with Crippen molar-refractivity contribution in [2.75, 3.05) is 0 Å². The Morgan fingerprint density at radius 1 is 1.32 bits per heavy atom. The Hall–Kier alpha value is -2.21. The SMILES string of the molecule is O=C(O)c1ccnc(Oc2ccc(F)c(Cl)c2)c1F. The Morgan fingerprint density at radius 3 is 2.68 bits per heavy atom. The second-order valence-electron chi connectivity index (χ2n) is 3.46. The first-order chi connectivity index (χ1) is 8.99. The van der Waals surface area contributed by atoms with E-state index in [1.165, 1.54) is 6.07 Å². The average Bonchev–Trinajstić information content (AvgIpc) is 2.36. The molecule has 0 amide bonds. The fourth-order valence-corrected chi connectivity index (χ4v) is 1.48. The van der Waals surface area contributed by atoms with Crippen molar-refractivity contribution in [2.24, 2.45) is 0 Å². The summed E-state index contributed by atoms with van der Waals surface area (Å²) in [6.07, 6.45) is 1.09. The molecule has 0 aliphatic carbocycles. The van der Waals surface area contributed by atoms with Crippen molar-refractivity contribution in [2.45, 2.75) is 0 Å². The van der Waals surface area contributed by atoms with Gasteiger partial charge in [0.1, 0.15) is 17.1 Å². The largest absolute Gasteiger partial charge is 0.478 e. The van der Waals surface area contributed by atoms with Crippen molar-refractivity contribution in [1.29, 1.82) is 0 Å². The van der Waals surface area contributed by atoms with Crippen LogP contribution in [0, 0.1) is 11.6 Å². The molecule has 1 aromatic heterocycles. The van der Waals surface area contributed by atoms with Gasteiger partial charge < -0.3 is 9.84 Å². The van der Waals surface area contributed by atoms with Crippen LogP contribution in [-0.2, 0) is 0 Å². The lowest BCUT2D eigenvalue weighted by Gasteiger charge is -2.07. The van der Waals surface area contributed by atoms with E-state index in [4.69, 9.17) is 21.4 Å². The zero-order chi connectivity index (χ0) is 14.0. The minimum absolute atomic E-state index is 0.0420. The van der Waals surface area contributed by atoms with Crippen molar-refractivity contribution < 1.29 is 23.4 Å². The highest BCUT2D eigenvalue weighted by Crippen LogP contribution is 2.27. The van der Waals surface area contributed by atoms with Gasteiger partial charge in [0.15, 0.2) is 5.82 Å². The van der Waals surface area contributed by atoms with Gasteiger partial charge in [0, 0.05) is 12.3 Å². The Labute approximate surface area is 111 Å². The molecule has 98 valence electrons. The monoisotopic (exact) mass is 285 g/mol. The van der Waals surface area contributed by atoms with Crippen molar-refractivity contribution in [3.8, 4) is 11.6 Å². The Morgan fingerprint density at radius 2 is 2.05 bits per heavy atom. The summed E-state index contributed by atoms with van der Waals surface area (Å²) >= 11 is 5.54. The number of ether oxygens (including phenoxy) is 1. The second kappa shape index (κ2) is 5.19. The molecule has 0 saturated heterocycles. The fourth-order valence-electron chi connectivity index (χ4n) is 1.31. The van der Waals surface area contributed by atoms with Crippen molar-refractivity contribution in [1.82, 2.24) is 4.98 Å². The number of halogens is 3. The van der Waals surface area contributed by atoms with Gasteiger partial charge in [0.05, 0.1) is 5.02 Å². The van der Waals surface area contributed by atoms with Crippen molar-refractivity contribution >= 4 is 17.6 Å². The highest BCUT2D eigenvalue weighted by molar-refractivity contribution is 6.30. The summed E-state index contributed by atoms with van der Waals surface area (Å²) in [7, 11) is 0. The van der Waals surface area contributed by atoms with Gasteiger partial charge in [-0.15, -0.1) is 0 Å². The van der Waals surface area contributed by atoms with E-state index in [-0.39, 0.29) is 10.8 Å². The second-order valence-corrected chi connectivity index (χ2v) is 3.87. The molecule has 0 atom stereocenters. The molecule has 1 heterocycles. The predicted molar refractivity (Wildman–Crippen MR) is 62.6 cm³/mol. The summed E-state index contributed by atoms with van der Waals surface area (Å²) in [6.45, 7) is 0. The van der Waals surface area contributed by atoms with Crippen molar-refractivity contribution in [3.05, 3.63) is 52.7 Å². The molecule has 4 nitrogen and oxygen atoms in total. The number of carboxylic acid groups (broad SMARTS) is 1. The lowest BCUT2D eigenvalue weighted by Crippen LogP contribution is -2.03. The normalized spacial score (nSPS) is 10.3. The van der Waals surface area contributed by atoms with E-state index in [0.29, 0.717) is 0 Å². The number of rotatable bonds is 3.